The number of aromatic nitrogens is 3. The number of fused-ring (bicyclic) bond motifs is 1. The van der Waals surface area contributed by atoms with Crippen LogP contribution in [0.1, 0.15) is 30.1 Å². The van der Waals surface area contributed by atoms with Gasteiger partial charge < -0.3 is 10.4 Å². The van der Waals surface area contributed by atoms with Gasteiger partial charge in [0.15, 0.2) is 0 Å². The number of aliphatic hydroxyl groups is 1. The molecule has 2 aromatic rings. The maximum absolute atomic E-state index is 10.7. The summed E-state index contributed by atoms with van der Waals surface area (Å²) >= 11 is 6.09. The van der Waals surface area contributed by atoms with Gasteiger partial charge in [-0.1, -0.05) is 11.6 Å². The van der Waals surface area contributed by atoms with E-state index in [1.807, 2.05) is 4.68 Å². The quantitative estimate of drug-likeness (QED) is 0.640. The summed E-state index contributed by atoms with van der Waals surface area (Å²) in [6, 6.07) is 1.29. The van der Waals surface area contributed by atoms with Gasteiger partial charge >= 0.3 is 0 Å². The average molecular weight is 338 g/mol. The number of pyridine rings is 1. The summed E-state index contributed by atoms with van der Waals surface area (Å²) in [5.41, 5.74) is 2.02. The molecule has 0 bridgehead atoms. The lowest BCUT2D eigenvalue weighted by Crippen LogP contribution is -2.19. The zero-order valence-corrected chi connectivity index (χ0v) is 13.0. The van der Waals surface area contributed by atoms with E-state index in [0.29, 0.717) is 12.4 Å². The first-order valence-corrected chi connectivity index (χ1v) is 7.70. The van der Waals surface area contributed by atoms with Gasteiger partial charge in [-0.15, -0.1) is 0 Å². The number of hydrogen-bond donors (Lipinski definition) is 2. The molecule has 2 heterocycles. The van der Waals surface area contributed by atoms with E-state index in [2.05, 4.69) is 15.4 Å². The van der Waals surface area contributed by atoms with Crippen molar-refractivity contribution in [1.29, 1.82) is 0 Å². The molecule has 0 spiro atoms. The first kappa shape index (κ1) is 15.7. The molecule has 1 atom stereocenters. The summed E-state index contributed by atoms with van der Waals surface area (Å²) in [5.74, 6) is 0.421. The molecule has 122 valence electrons. The molecule has 0 amide bonds. The molecule has 3 rings (SSSR count). The van der Waals surface area contributed by atoms with Gasteiger partial charge in [-0.25, -0.2) is 4.98 Å². The normalized spacial score (nSPS) is 16.9. The van der Waals surface area contributed by atoms with E-state index in [0.717, 1.165) is 30.5 Å². The Balaban J connectivity index is 1.84. The molecule has 1 aliphatic rings. The molecular weight excluding hydrogens is 322 g/mol. The van der Waals surface area contributed by atoms with E-state index in [9.17, 15) is 10.1 Å². The first-order chi connectivity index (χ1) is 11.1. The van der Waals surface area contributed by atoms with Crippen molar-refractivity contribution in [3.8, 4) is 0 Å². The number of nitro groups is 1. The van der Waals surface area contributed by atoms with Gasteiger partial charge in [-0.05, 0) is 19.3 Å². The molecule has 2 aromatic heterocycles. The highest BCUT2D eigenvalue weighted by Crippen LogP contribution is 2.34. The van der Waals surface area contributed by atoms with Crippen LogP contribution in [0.15, 0.2) is 18.5 Å². The standard InChI is InChI=1S/C14H16ClN5O3/c15-11-6-9(20(22)23)7-16-14(11)18-12-2-1-3-13-10(12)8-17-19(13)4-5-21/h6-8,12,21H,1-5H2,(H,16,18)/t12-/m1/s1. The van der Waals surface area contributed by atoms with Crippen molar-refractivity contribution in [3.05, 3.63) is 44.9 Å². The Morgan fingerprint density at radius 3 is 3.04 bits per heavy atom. The van der Waals surface area contributed by atoms with Crippen molar-refractivity contribution in [2.45, 2.75) is 31.8 Å². The van der Waals surface area contributed by atoms with Gasteiger partial charge in [0.05, 0.1) is 35.3 Å². The second kappa shape index (κ2) is 6.51. The second-order valence-electron chi connectivity index (χ2n) is 5.36. The molecule has 9 heteroatoms. The predicted octanol–water partition coefficient (Wildman–Crippen LogP) is 2.32. The third-order valence-electron chi connectivity index (χ3n) is 3.92. The number of anilines is 1. The van der Waals surface area contributed by atoms with Crippen LogP contribution in [0, 0.1) is 10.1 Å². The lowest BCUT2D eigenvalue weighted by molar-refractivity contribution is -0.385. The van der Waals surface area contributed by atoms with Crippen LogP contribution in [-0.4, -0.2) is 31.4 Å². The summed E-state index contributed by atoms with van der Waals surface area (Å²) < 4.78 is 1.81. The summed E-state index contributed by atoms with van der Waals surface area (Å²) in [5, 5.41) is 27.6. The average Bonchev–Trinajstić information content (AvgIpc) is 2.94. The molecule has 0 aromatic carbocycles. The van der Waals surface area contributed by atoms with Crippen LogP contribution in [0.25, 0.3) is 0 Å². The van der Waals surface area contributed by atoms with Gasteiger partial charge in [0.2, 0.25) is 0 Å². The zero-order chi connectivity index (χ0) is 16.4. The third kappa shape index (κ3) is 3.13. The van der Waals surface area contributed by atoms with Crippen molar-refractivity contribution >= 4 is 23.1 Å². The van der Waals surface area contributed by atoms with Crippen molar-refractivity contribution in [2.24, 2.45) is 0 Å². The Morgan fingerprint density at radius 2 is 2.35 bits per heavy atom. The molecule has 2 N–H and O–H groups in total. The number of nitrogens with one attached hydrogen (secondary N) is 1. The van der Waals surface area contributed by atoms with Crippen LogP contribution in [0.5, 0.6) is 0 Å². The van der Waals surface area contributed by atoms with Gasteiger partial charge in [-0.3, -0.25) is 14.8 Å². The Morgan fingerprint density at radius 1 is 1.52 bits per heavy atom. The van der Waals surface area contributed by atoms with Gasteiger partial charge in [0, 0.05) is 17.3 Å². The molecule has 0 radical (unpaired) electrons. The number of rotatable bonds is 5. The van der Waals surface area contributed by atoms with Crippen molar-refractivity contribution in [1.82, 2.24) is 14.8 Å². The highest BCUT2D eigenvalue weighted by atomic mass is 35.5. The molecule has 1 aliphatic carbocycles. The minimum Gasteiger partial charge on any atom is -0.394 e. The molecule has 0 unspecified atom stereocenters. The minimum absolute atomic E-state index is 0.00218. The van der Waals surface area contributed by atoms with Crippen LogP contribution < -0.4 is 5.32 Å². The maximum Gasteiger partial charge on any atom is 0.289 e. The monoisotopic (exact) mass is 337 g/mol. The van der Waals surface area contributed by atoms with Gasteiger partial charge in [-0.2, -0.15) is 5.10 Å². The minimum atomic E-state index is -0.527. The third-order valence-corrected chi connectivity index (χ3v) is 4.21. The number of aliphatic hydroxyl groups excluding tert-OH is 1. The zero-order valence-electron chi connectivity index (χ0n) is 12.3. The molecular formula is C14H16ClN5O3. The highest BCUT2D eigenvalue weighted by Gasteiger charge is 2.25. The molecule has 0 saturated carbocycles. The van der Waals surface area contributed by atoms with Crippen LogP contribution in [0.4, 0.5) is 11.5 Å². The number of nitrogens with zero attached hydrogens (tertiary/aromatic N) is 4. The second-order valence-corrected chi connectivity index (χ2v) is 5.77. The Kier molecular flexibility index (Phi) is 4.44. The van der Waals surface area contributed by atoms with E-state index in [1.54, 1.807) is 6.20 Å². The van der Waals surface area contributed by atoms with Crippen LogP contribution in [0.3, 0.4) is 0 Å². The molecule has 0 aliphatic heterocycles. The SMILES string of the molecule is O=[N+]([O-])c1cnc(N[C@@H]2CCCc3c2cnn3CCO)c(Cl)c1. The van der Waals surface area contributed by atoms with E-state index in [1.165, 1.54) is 12.3 Å². The maximum atomic E-state index is 10.7. The van der Waals surface area contributed by atoms with Crippen LogP contribution in [-0.2, 0) is 13.0 Å². The van der Waals surface area contributed by atoms with E-state index in [4.69, 9.17) is 16.7 Å². The Bertz CT molecular complexity index is 733. The highest BCUT2D eigenvalue weighted by molar-refractivity contribution is 6.33. The lowest BCUT2D eigenvalue weighted by atomic mass is 9.93. The first-order valence-electron chi connectivity index (χ1n) is 7.32. The summed E-state index contributed by atoms with van der Waals surface area (Å²) in [6.07, 6.45) is 5.77. The summed E-state index contributed by atoms with van der Waals surface area (Å²) in [4.78, 5) is 14.3. The fraction of sp³-hybridized carbons (Fsp3) is 0.429. The molecule has 0 saturated heterocycles. The van der Waals surface area contributed by atoms with E-state index >= 15 is 0 Å². The summed E-state index contributed by atoms with van der Waals surface area (Å²) in [7, 11) is 0. The van der Waals surface area contributed by atoms with Crippen LogP contribution in [0.2, 0.25) is 5.02 Å². The lowest BCUT2D eigenvalue weighted by Gasteiger charge is -2.25. The topological polar surface area (TPSA) is 106 Å². The molecule has 0 fully saturated rings. The van der Waals surface area contributed by atoms with E-state index < -0.39 is 4.92 Å². The number of halogens is 1. The fourth-order valence-corrected chi connectivity index (χ4v) is 3.07. The van der Waals surface area contributed by atoms with Crippen molar-refractivity contribution in [2.75, 3.05) is 11.9 Å². The Labute approximate surface area is 137 Å². The molecule has 8 nitrogen and oxygen atoms in total. The number of hydrogen-bond acceptors (Lipinski definition) is 6. The fourth-order valence-electron chi connectivity index (χ4n) is 2.85. The van der Waals surface area contributed by atoms with Crippen molar-refractivity contribution < 1.29 is 10.0 Å². The summed E-state index contributed by atoms with van der Waals surface area (Å²) in [6.45, 7) is 0.514. The molecule has 23 heavy (non-hydrogen) atoms. The van der Waals surface area contributed by atoms with Crippen molar-refractivity contribution in [3.63, 3.8) is 0 Å². The smallest absolute Gasteiger partial charge is 0.289 e. The largest absolute Gasteiger partial charge is 0.394 e. The van der Waals surface area contributed by atoms with E-state index in [-0.39, 0.29) is 23.4 Å². The predicted molar refractivity (Wildman–Crippen MR) is 84.5 cm³/mol. The Hall–Kier alpha value is -2.19. The van der Waals surface area contributed by atoms with Crippen LogP contribution >= 0.6 is 11.6 Å². The van der Waals surface area contributed by atoms with Gasteiger partial charge in [0.1, 0.15) is 12.0 Å². The van der Waals surface area contributed by atoms with Gasteiger partial charge in [0.25, 0.3) is 5.69 Å².